The van der Waals surface area contributed by atoms with Crippen LogP contribution in [0, 0.1) is 0 Å². The van der Waals surface area contributed by atoms with Crippen LogP contribution >= 0.6 is 27.5 Å². The van der Waals surface area contributed by atoms with Crippen LogP contribution in [0.25, 0.3) is 11.5 Å². The van der Waals surface area contributed by atoms with Crippen molar-refractivity contribution in [3.63, 3.8) is 0 Å². The molecule has 9 heteroatoms. The molecule has 0 aliphatic rings. The number of rotatable bonds is 2. The fourth-order valence-electron chi connectivity index (χ4n) is 1.44. The van der Waals surface area contributed by atoms with Crippen LogP contribution in [0.5, 0.6) is 0 Å². The molecule has 0 spiro atoms. The predicted octanol–water partition coefficient (Wildman–Crippen LogP) is 4.47. The molecule has 0 fully saturated rings. The normalized spacial score (nSPS) is 11.7. The molecule has 2 rings (SSSR count). The molecule has 106 valence electrons. The largest absolute Gasteiger partial charge is 0.475 e. The van der Waals surface area contributed by atoms with Gasteiger partial charge in [0.15, 0.2) is 5.69 Å². The first-order valence-electron chi connectivity index (χ1n) is 4.97. The molecule has 1 aromatic heterocycles. The molecule has 0 saturated heterocycles. The van der Waals surface area contributed by atoms with E-state index in [2.05, 4.69) is 25.3 Å². The fraction of sp³-hybridized carbons (Fsp3) is 0.0909. The molecular formula is C11H4BrClF3NO3. The van der Waals surface area contributed by atoms with Crippen molar-refractivity contribution in [1.29, 1.82) is 0 Å². The second-order valence-corrected chi connectivity index (χ2v) is 4.83. The third kappa shape index (κ3) is 2.66. The third-order valence-corrected chi connectivity index (χ3v) is 3.57. The summed E-state index contributed by atoms with van der Waals surface area (Å²) in [6.45, 7) is 0. The quantitative estimate of drug-likeness (QED) is 0.847. The van der Waals surface area contributed by atoms with Gasteiger partial charge in [-0.2, -0.15) is 13.2 Å². The van der Waals surface area contributed by atoms with Gasteiger partial charge in [0.2, 0.25) is 11.7 Å². The number of carboxylic acid groups (broad SMARTS) is 1. The molecule has 20 heavy (non-hydrogen) atoms. The number of oxazole rings is 1. The first-order valence-corrected chi connectivity index (χ1v) is 6.14. The van der Waals surface area contributed by atoms with Crippen molar-refractivity contribution < 1.29 is 27.5 Å². The van der Waals surface area contributed by atoms with Gasteiger partial charge in [-0.25, -0.2) is 9.78 Å². The Morgan fingerprint density at radius 3 is 2.55 bits per heavy atom. The number of benzene rings is 1. The summed E-state index contributed by atoms with van der Waals surface area (Å²) in [5.74, 6) is -3.65. The second kappa shape index (κ2) is 5.10. The van der Waals surface area contributed by atoms with Crippen LogP contribution in [0.4, 0.5) is 13.2 Å². The molecule has 0 aliphatic carbocycles. The van der Waals surface area contributed by atoms with Crippen molar-refractivity contribution in [1.82, 2.24) is 4.98 Å². The Bertz CT molecular complexity index is 684. The number of carboxylic acids is 1. The van der Waals surface area contributed by atoms with Crippen molar-refractivity contribution in [2.24, 2.45) is 0 Å². The lowest BCUT2D eigenvalue weighted by Gasteiger charge is -2.01. The number of hydrogen-bond acceptors (Lipinski definition) is 3. The van der Waals surface area contributed by atoms with Gasteiger partial charge in [-0.1, -0.05) is 17.7 Å². The predicted molar refractivity (Wildman–Crippen MR) is 66.6 cm³/mol. The smallest absolute Gasteiger partial charge is 0.437 e. The summed E-state index contributed by atoms with van der Waals surface area (Å²) in [7, 11) is 0. The lowest BCUT2D eigenvalue weighted by atomic mass is 10.2. The van der Waals surface area contributed by atoms with Gasteiger partial charge in [-0.15, -0.1) is 0 Å². The highest BCUT2D eigenvalue weighted by Crippen LogP contribution is 2.38. The van der Waals surface area contributed by atoms with Gasteiger partial charge < -0.3 is 9.52 Å². The molecule has 0 bridgehead atoms. The van der Waals surface area contributed by atoms with Crippen molar-refractivity contribution in [3.05, 3.63) is 39.1 Å². The molecule has 0 aliphatic heterocycles. The summed E-state index contributed by atoms with van der Waals surface area (Å²) in [5, 5.41) is 8.81. The Morgan fingerprint density at radius 2 is 2.05 bits per heavy atom. The molecule has 0 radical (unpaired) electrons. The summed E-state index contributed by atoms with van der Waals surface area (Å²) < 4.78 is 43.2. The van der Waals surface area contributed by atoms with E-state index in [4.69, 9.17) is 16.7 Å². The van der Waals surface area contributed by atoms with E-state index in [0.717, 1.165) is 0 Å². The summed E-state index contributed by atoms with van der Waals surface area (Å²) in [6, 6.07) is 4.44. The highest BCUT2D eigenvalue weighted by atomic mass is 79.9. The summed E-state index contributed by atoms with van der Waals surface area (Å²) in [4.78, 5) is 14.0. The number of halogens is 5. The number of carbonyl (C=O) groups is 1. The zero-order valence-electron chi connectivity index (χ0n) is 9.33. The first kappa shape index (κ1) is 14.9. The number of aromatic carboxylic acids is 1. The van der Waals surface area contributed by atoms with Crippen LogP contribution in [-0.4, -0.2) is 16.1 Å². The van der Waals surface area contributed by atoms with E-state index in [1.54, 1.807) is 6.07 Å². The molecule has 0 amide bonds. The van der Waals surface area contributed by atoms with Crippen molar-refractivity contribution >= 4 is 33.5 Å². The highest BCUT2D eigenvalue weighted by Gasteiger charge is 2.41. The van der Waals surface area contributed by atoms with Crippen LogP contribution in [0.15, 0.2) is 27.1 Å². The number of nitrogens with zero attached hydrogens (tertiary/aromatic N) is 1. The van der Waals surface area contributed by atoms with E-state index in [9.17, 15) is 18.0 Å². The molecular weight excluding hydrogens is 366 g/mol. The third-order valence-electron chi connectivity index (χ3n) is 2.27. The van der Waals surface area contributed by atoms with Gasteiger partial charge in [-0.3, -0.25) is 0 Å². The minimum atomic E-state index is -4.94. The Hall–Kier alpha value is -1.54. The van der Waals surface area contributed by atoms with Crippen molar-refractivity contribution in [2.45, 2.75) is 6.18 Å². The molecule has 0 atom stereocenters. The zero-order valence-corrected chi connectivity index (χ0v) is 11.7. The molecule has 1 aromatic carbocycles. The van der Waals surface area contributed by atoms with Crippen LogP contribution in [-0.2, 0) is 6.18 Å². The molecule has 0 unspecified atom stereocenters. The van der Waals surface area contributed by atoms with Gasteiger partial charge in [0, 0.05) is 4.47 Å². The van der Waals surface area contributed by atoms with Gasteiger partial charge in [-0.05, 0) is 28.1 Å². The highest BCUT2D eigenvalue weighted by molar-refractivity contribution is 9.10. The van der Waals surface area contributed by atoms with E-state index in [1.807, 2.05) is 0 Å². The lowest BCUT2D eigenvalue weighted by molar-refractivity contribution is -0.141. The van der Waals surface area contributed by atoms with Crippen LogP contribution in [0.1, 0.15) is 16.2 Å². The second-order valence-electron chi connectivity index (χ2n) is 3.60. The molecule has 0 saturated carbocycles. The average Bonchev–Trinajstić information content (AvgIpc) is 2.77. The van der Waals surface area contributed by atoms with Gasteiger partial charge in [0.05, 0.1) is 10.6 Å². The van der Waals surface area contributed by atoms with Gasteiger partial charge >= 0.3 is 12.1 Å². The van der Waals surface area contributed by atoms with Gasteiger partial charge in [0.1, 0.15) is 0 Å². The number of alkyl halides is 3. The molecule has 1 N–H and O–H groups in total. The minimum absolute atomic E-state index is 0.0547. The van der Waals surface area contributed by atoms with E-state index in [0.29, 0.717) is 4.47 Å². The van der Waals surface area contributed by atoms with E-state index in [1.165, 1.54) is 12.1 Å². The van der Waals surface area contributed by atoms with E-state index >= 15 is 0 Å². The Morgan fingerprint density at radius 1 is 1.40 bits per heavy atom. The lowest BCUT2D eigenvalue weighted by Crippen LogP contribution is -2.11. The maximum Gasteiger partial charge on any atom is 0.437 e. The minimum Gasteiger partial charge on any atom is -0.475 e. The Balaban J connectivity index is 2.65. The maximum atomic E-state index is 12.7. The SMILES string of the molecule is O=C(O)c1oc(-c2cccc(Br)c2Cl)nc1C(F)(F)F. The first-order chi connectivity index (χ1) is 9.21. The molecule has 4 nitrogen and oxygen atoms in total. The maximum absolute atomic E-state index is 12.7. The summed E-state index contributed by atoms with van der Waals surface area (Å²) in [5.41, 5.74) is -1.55. The summed E-state index contributed by atoms with van der Waals surface area (Å²) >= 11 is 9.00. The Kier molecular flexibility index (Phi) is 3.79. The standard InChI is InChI=1S/C11H4BrClF3NO3/c12-5-3-1-2-4(6(5)13)9-17-8(11(14,15)16)7(20-9)10(18)19/h1-3H,(H,18,19). The monoisotopic (exact) mass is 369 g/mol. The van der Waals surface area contributed by atoms with Gasteiger partial charge in [0.25, 0.3) is 0 Å². The van der Waals surface area contributed by atoms with Crippen molar-refractivity contribution in [3.8, 4) is 11.5 Å². The fourth-order valence-corrected chi connectivity index (χ4v) is 2.01. The summed E-state index contributed by atoms with van der Waals surface area (Å²) in [6.07, 6.45) is -4.94. The van der Waals surface area contributed by atoms with Crippen molar-refractivity contribution in [2.75, 3.05) is 0 Å². The van der Waals surface area contributed by atoms with E-state index < -0.39 is 29.5 Å². The molecule has 2 aromatic rings. The number of aromatic nitrogens is 1. The van der Waals surface area contributed by atoms with Crippen LogP contribution in [0.3, 0.4) is 0 Å². The zero-order chi connectivity index (χ0) is 15.1. The van der Waals surface area contributed by atoms with Crippen LogP contribution in [0.2, 0.25) is 5.02 Å². The Labute approximate surface area is 123 Å². The van der Waals surface area contributed by atoms with Crippen LogP contribution < -0.4 is 0 Å². The molecule has 1 heterocycles. The topological polar surface area (TPSA) is 63.3 Å². The number of hydrogen-bond donors (Lipinski definition) is 1. The van der Waals surface area contributed by atoms with E-state index in [-0.39, 0.29) is 10.6 Å². The average molecular weight is 371 g/mol.